The van der Waals surface area contributed by atoms with Crippen LogP contribution in [-0.2, 0) is 0 Å². The Balaban J connectivity index is 2.93. The average molecular weight is 220 g/mol. The second-order valence-corrected chi connectivity index (χ2v) is 2.96. The van der Waals surface area contributed by atoms with Gasteiger partial charge in [-0.2, -0.15) is 0 Å². The Morgan fingerprint density at radius 1 is 1.12 bits per heavy atom. The topological polar surface area (TPSA) is 111 Å². The molecule has 1 aromatic carbocycles. The molecule has 0 atom stereocenters. The summed E-state index contributed by atoms with van der Waals surface area (Å²) in [5.41, 5.74) is -1.25. The summed E-state index contributed by atoms with van der Waals surface area (Å²) in [7, 11) is 0. The van der Waals surface area contributed by atoms with E-state index in [1.165, 1.54) is 6.07 Å². The number of benzene rings is 1. The summed E-state index contributed by atoms with van der Waals surface area (Å²) >= 11 is 0. The lowest BCUT2D eigenvalue weighted by molar-refractivity contribution is -0.423. The van der Waals surface area contributed by atoms with Gasteiger partial charge < -0.3 is 0 Å². The molecule has 0 N–H and O–H groups in total. The Hall–Kier alpha value is -2.64. The molecule has 0 aromatic heterocycles. The molecule has 1 aliphatic heterocycles. The molecule has 0 radical (unpaired) electrons. The molecule has 2 rings (SSSR count). The van der Waals surface area contributed by atoms with Crippen molar-refractivity contribution >= 4 is 11.4 Å². The first-order valence-corrected chi connectivity index (χ1v) is 4.09. The van der Waals surface area contributed by atoms with Crippen molar-refractivity contribution < 1.29 is 9.85 Å². The maximum Gasteiger partial charge on any atom is 0.373 e. The van der Waals surface area contributed by atoms with Gasteiger partial charge >= 0.3 is 11.4 Å². The summed E-state index contributed by atoms with van der Waals surface area (Å²) in [6, 6.07) is 2.34. The predicted octanol–water partition coefficient (Wildman–Crippen LogP) is 0.227. The van der Waals surface area contributed by atoms with Crippen molar-refractivity contribution in [1.29, 1.82) is 0 Å². The van der Waals surface area contributed by atoms with Gasteiger partial charge in [-0.25, -0.2) is 9.98 Å². The highest BCUT2D eigenvalue weighted by Gasteiger charge is 2.28. The molecule has 1 aromatic rings. The van der Waals surface area contributed by atoms with Crippen molar-refractivity contribution in [3.63, 3.8) is 0 Å². The van der Waals surface area contributed by atoms with Gasteiger partial charge in [-0.1, -0.05) is 6.58 Å². The van der Waals surface area contributed by atoms with Crippen LogP contribution in [0.5, 0.6) is 0 Å². The molecule has 0 aliphatic carbocycles. The predicted molar refractivity (Wildman–Crippen MR) is 51.2 cm³/mol. The SMILES string of the molecule is C=C1N=c2ccc([N+](=O)[O-])c([N+](=O)[O-])c2=N1. The van der Waals surface area contributed by atoms with Gasteiger partial charge in [0.2, 0.25) is 0 Å². The monoisotopic (exact) mass is 220 g/mol. The summed E-state index contributed by atoms with van der Waals surface area (Å²) in [6.45, 7) is 3.42. The fourth-order valence-corrected chi connectivity index (χ4v) is 1.38. The highest BCUT2D eigenvalue weighted by molar-refractivity contribution is 5.52. The van der Waals surface area contributed by atoms with E-state index in [9.17, 15) is 20.2 Å². The van der Waals surface area contributed by atoms with Gasteiger partial charge in [-0.3, -0.25) is 20.2 Å². The Morgan fingerprint density at radius 2 is 1.81 bits per heavy atom. The third-order valence-corrected chi connectivity index (χ3v) is 1.98. The molecule has 8 nitrogen and oxygen atoms in total. The molecular weight excluding hydrogens is 216 g/mol. The standard InChI is InChI=1S/C8H4N4O4/c1-4-9-5-2-3-6(11(13)14)8(12(15)16)7(5)10-4/h2-3H,1H2. The summed E-state index contributed by atoms with van der Waals surface area (Å²) in [4.78, 5) is 27.2. The third kappa shape index (κ3) is 1.32. The largest absolute Gasteiger partial charge is 0.373 e. The first-order valence-electron chi connectivity index (χ1n) is 4.09. The van der Waals surface area contributed by atoms with Gasteiger partial charge in [0.25, 0.3) is 0 Å². The maximum atomic E-state index is 10.8. The van der Waals surface area contributed by atoms with Crippen LogP contribution in [0, 0.1) is 20.2 Å². The van der Waals surface area contributed by atoms with Crippen LogP contribution in [0.2, 0.25) is 0 Å². The highest BCUT2D eigenvalue weighted by Crippen LogP contribution is 2.21. The van der Waals surface area contributed by atoms with Crippen LogP contribution >= 0.6 is 0 Å². The average Bonchev–Trinajstić information content (AvgIpc) is 2.55. The Labute approximate surface area is 87.6 Å². The molecule has 0 saturated heterocycles. The van der Waals surface area contributed by atoms with Crippen LogP contribution < -0.4 is 10.7 Å². The molecule has 0 spiro atoms. The Morgan fingerprint density at radius 3 is 2.38 bits per heavy atom. The molecule has 0 fully saturated rings. The second kappa shape index (κ2) is 3.19. The van der Waals surface area contributed by atoms with Gasteiger partial charge in [0.1, 0.15) is 5.82 Å². The minimum Gasteiger partial charge on any atom is -0.258 e. The molecule has 0 bridgehead atoms. The molecular formula is C8H4N4O4. The lowest BCUT2D eigenvalue weighted by Crippen LogP contribution is -2.25. The Bertz CT molecular complexity index is 649. The molecule has 80 valence electrons. The van der Waals surface area contributed by atoms with Crippen molar-refractivity contribution in [3.8, 4) is 0 Å². The fourth-order valence-electron chi connectivity index (χ4n) is 1.38. The minimum absolute atomic E-state index is 0.0959. The second-order valence-electron chi connectivity index (χ2n) is 2.96. The smallest absolute Gasteiger partial charge is 0.258 e. The van der Waals surface area contributed by atoms with Crippen LogP contribution in [0.25, 0.3) is 0 Å². The highest BCUT2D eigenvalue weighted by atomic mass is 16.6. The van der Waals surface area contributed by atoms with Crippen LogP contribution in [0.4, 0.5) is 11.4 Å². The molecule has 0 unspecified atom stereocenters. The van der Waals surface area contributed by atoms with E-state index >= 15 is 0 Å². The summed E-state index contributed by atoms with van der Waals surface area (Å²) in [5.74, 6) is 0.0959. The molecule has 16 heavy (non-hydrogen) atoms. The van der Waals surface area contributed by atoms with Crippen LogP contribution in [0.3, 0.4) is 0 Å². The summed E-state index contributed by atoms with van der Waals surface area (Å²) < 4.78 is 0. The van der Waals surface area contributed by atoms with Crippen molar-refractivity contribution in [3.05, 3.63) is 55.5 Å². The van der Waals surface area contributed by atoms with Gasteiger partial charge in [-0.15, -0.1) is 0 Å². The van der Waals surface area contributed by atoms with Crippen LogP contribution in [-0.4, -0.2) is 9.85 Å². The molecule has 1 heterocycles. The van der Waals surface area contributed by atoms with Crippen molar-refractivity contribution in [2.24, 2.45) is 9.98 Å². The van der Waals surface area contributed by atoms with E-state index in [1.807, 2.05) is 0 Å². The van der Waals surface area contributed by atoms with Crippen molar-refractivity contribution in [2.75, 3.05) is 0 Å². The van der Waals surface area contributed by atoms with E-state index < -0.39 is 21.2 Å². The zero-order valence-corrected chi connectivity index (χ0v) is 7.78. The third-order valence-electron chi connectivity index (χ3n) is 1.98. The number of nitro benzene ring substituents is 2. The van der Waals surface area contributed by atoms with E-state index in [1.54, 1.807) is 0 Å². The number of rotatable bonds is 2. The number of fused-ring (bicyclic) bond motifs is 1. The fraction of sp³-hybridized carbons (Fsp3) is 0. The summed E-state index contributed by atoms with van der Waals surface area (Å²) in [5, 5.41) is 21.5. The number of hydrogen-bond acceptors (Lipinski definition) is 6. The van der Waals surface area contributed by atoms with Gasteiger partial charge in [0.05, 0.1) is 15.2 Å². The zero-order valence-electron chi connectivity index (χ0n) is 7.78. The number of nitrogens with zero attached hydrogens (tertiary/aromatic N) is 4. The molecule has 0 saturated carbocycles. The zero-order chi connectivity index (χ0) is 11.9. The first kappa shape index (κ1) is 9.90. The van der Waals surface area contributed by atoms with Gasteiger partial charge in [0.15, 0.2) is 5.36 Å². The lowest BCUT2D eigenvalue weighted by Gasteiger charge is -1.92. The van der Waals surface area contributed by atoms with E-state index in [2.05, 4.69) is 16.6 Å². The minimum atomic E-state index is -0.839. The Kier molecular flexibility index (Phi) is 1.97. The van der Waals surface area contributed by atoms with Crippen LogP contribution in [0.1, 0.15) is 0 Å². The van der Waals surface area contributed by atoms with Gasteiger partial charge in [0, 0.05) is 6.07 Å². The molecule has 1 aliphatic rings. The van der Waals surface area contributed by atoms with E-state index in [4.69, 9.17) is 0 Å². The number of hydrogen-bond donors (Lipinski definition) is 0. The quantitative estimate of drug-likeness (QED) is 0.524. The first-order chi connectivity index (χ1) is 7.50. The van der Waals surface area contributed by atoms with E-state index in [0.29, 0.717) is 0 Å². The van der Waals surface area contributed by atoms with Crippen LogP contribution in [0.15, 0.2) is 34.5 Å². The van der Waals surface area contributed by atoms with Crippen molar-refractivity contribution in [1.82, 2.24) is 0 Å². The summed E-state index contributed by atoms with van der Waals surface area (Å²) in [6.07, 6.45) is 0. The normalized spacial score (nSPS) is 12.6. The van der Waals surface area contributed by atoms with Gasteiger partial charge in [-0.05, 0) is 6.07 Å². The maximum absolute atomic E-state index is 10.8. The van der Waals surface area contributed by atoms with Crippen molar-refractivity contribution in [2.45, 2.75) is 0 Å². The molecule has 0 amide bonds. The van der Waals surface area contributed by atoms with E-state index in [-0.39, 0.29) is 16.5 Å². The molecule has 8 heteroatoms. The lowest BCUT2D eigenvalue weighted by atomic mass is 10.2. The van der Waals surface area contributed by atoms with E-state index in [0.717, 1.165) is 6.07 Å². The number of nitro groups is 2.